The van der Waals surface area contributed by atoms with Crippen molar-refractivity contribution >= 4 is 5.91 Å². The molecule has 3 N–H and O–H groups in total. The first-order chi connectivity index (χ1) is 34.7. The zero-order valence-electron chi connectivity index (χ0n) is 47.8. The fourth-order valence-corrected chi connectivity index (χ4v) is 10.2. The summed E-state index contributed by atoms with van der Waals surface area (Å²) in [7, 11) is 0. The summed E-state index contributed by atoms with van der Waals surface area (Å²) in [5.74, 6) is -0.0672. The van der Waals surface area contributed by atoms with Crippen LogP contribution in [0.15, 0.2) is 36.5 Å². The summed E-state index contributed by atoms with van der Waals surface area (Å²) in [5.41, 5.74) is 0. The predicted octanol–water partition coefficient (Wildman–Crippen LogP) is 21.6. The Hall–Kier alpha value is -1.39. The zero-order valence-corrected chi connectivity index (χ0v) is 47.8. The summed E-state index contributed by atoms with van der Waals surface area (Å²) < 4.78 is 0. The van der Waals surface area contributed by atoms with Gasteiger partial charge >= 0.3 is 0 Å². The Morgan fingerprint density at radius 2 is 0.557 bits per heavy atom. The van der Waals surface area contributed by atoms with Crippen molar-refractivity contribution in [3.63, 3.8) is 0 Å². The monoisotopic (exact) mass is 982 g/mol. The first-order valence-corrected chi connectivity index (χ1v) is 32.2. The standard InChI is InChI=1S/C66H127NO3/c1-3-5-7-9-11-13-15-17-19-21-23-25-27-28-29-30-31-32-33-34-35-36-37-38-40-42-44-46-48-50-52-54-56-58-60-62-66(70)67-64(63-68)65(69)61-59-57-55-53-51-49-47-45-43-41-39-26-24-22-20-18-16-14-12-10-8-6-4-2/h30-31,51,53,59,61,64-65,68-69H,3-29,32-50,52,54-58,60,62-63H2,1-2H3,(H,67,70)/b31-30-,53-51+,61-59+. The molecule has 0 aliphatic carbocycles. The fourth-order valence-electron chi connectivity index (χ4n) is 10.2. The van der Waals surface area contributed by atoms with Gasteiger partial charge in [0.25, 0.3) is 0 Å². The molecule has 0 spiro atoms. The molecule has 0 aromatic rings. The minimum Gasteiger partial charge on any atom is -0.394 e. The van der Waals surface area contributed by atoms with Gasteiger partial charge in [-0.05, 0) is 57.8 Å². The number of carbonyl (C=O) groups is 1. The number of aliphatic hydroxyl groups is 2. The van der Waals surface area contributed by atoms with Gasteiger partial charge < -0.3 is 15.5 Å². The third kappa shape index (κ3) is 57.5. The van der Waals surface area contributed by atoms with E-state index in [4.69, 9.17) is 0 Å². The van der Waals surface area contributed by atoms with Crippen molar-refractivity contribution in [3.8, 4) is 0 Å². The van der Waals surface area contributed by atoms with E-state index in [9.17, 15) is 15.0 Å². The van der Waals surface area contributed by atoms with Crippen LogP contribution in [-0.2, 0) is 4.79 Å². The smallest absolute Gasteiger partial charge is 0.220 e. The number of aliphatic hydroxyl groups excluding tert-OH is 2. The van der Waals surface area contributed by atoms with Crippen LogP contribution in [0.4, 0.5) is 0 Å². The molecule has 0 radical (unpaired) electrons. The van der Waals surface area contributed by atoms with E-state index in [1.54, 1.807) is 6.08 Å². The van der Waals surface area contributed by atoms with Gasteiger partial charge in [0.05, 0.1) is 18.8 Å². The molecule has 0 saturated carbocycles. The van der Waals surface area contributed by atoms with Gasteiger partial charge in [-0.1, -0.05) is 333 Å². The predicted molar refractivity (Wildman–Crippen MR) is 313 cm³/mol. The van der Waals surface area contributed by atoms with Gasteiger partial charge in [0, 0.05) is 6.42 Å². The van der Waals surface area contributed by atoms with Gasteiger partial charge in [-0.3, -0.25) is 4.79 Å². The van der Waals surface area contributed by atoms with Crippen LogP contribution < -0.4 is 5.32 Å². The second-order valence-electron chi connectivity index (χ2n) is 22.2. The van der Waals surface area contributed by atoms with Crippen molar-refractivity contribution < 1.29 is 15.0 Å². The Bertz CT molecular complexity index is 1070. The summed E-state index contributed by atoms with van der Waals surface area (Å²) >= 11 is 0. The van der Waals surface area contributed by atoms with Crippen LogP contribution in [0.3, 0.4) is 0 Å². The Morgan fingerprint density at radius 1 is 0.329 bits per heavy atom. The molecule has 0 fully saturated rings. The highest BCUT2D eigenvalue weighted by molar-refractivity contribution is 5.76. The van der Waals surface area contributed by atoms with Crippen LogP contribution in [0.1, 0.15) is 361 Å². The SMILES string of the molecule is CCCCCCCCCCCCCCCC/C=C\CCCCCCCCCCCCCCCCCCCC(=O)NC(CO)C(O)/C=C/CC/C=C/CCCCCCCCCCCCCCCCCCC. The molecule has 1 amide bonds. The van der Waals surface area contributed by atoms with Crippen LogP contribution in [0.2, 0.25) is 0 Å². The highest BCUT2D eigenvalue weighted by Gasteiger charge is 2.18. The first kappa shape index (κ1) is 68.6. The zero-order chi connectivity index (χ0) is 50.6. The third-order valence-electron chi connectivity index (χ3n) is 15.1. The molecule has 4 nitrogen and oxygen atoms in total. The largest absolute Gasteiger partial charge is 0.394 e. The van der Waals surface area contributed by atoms with Crippen molar-refractivity contribution in [1.82, 2.24) is 5.32 Å². The Balaban J connectivity index is 3.45. The number of unbranched alkanes of at least 4 members (excludes halogenated alkanes) is 49. The molecule has 0 heterocycles. The van der Waals surface area contributed by atoms with Crippen molar-refractivity contribution in [2.45, 2.75) is 373 Å². The minimum atomic E-state index is -0.862. The topological polar surface area (TPSA) is 69.6 Å². The summed E-state index contributed by atoms with van der Waals surface area (Å²) in [6.45, 7) is 4.34. The number of hydrogen-bond donors (Lipinski definition) is 3. The average molecular weight is 983 g/mol. The lowest BCUT2D eigenvalue weighted by Crippen LogP contribution is -2.45. The molecule has 0 aromatic heterocycles. The second kappa shape index (κ2) is 61.9. The number of amides is 1. The maximum absolute atomic E-state index is 12.5. The normalized spacial score (nSPS) is 12.9. The van der Waals surface area contributed by atoms with Gasteiger partial charge in [-0.2, -0.15) is 0 Å². The highest BCUT2D eigenvalue weighted by atomic mass is 16.3. The van der Waals surface area contributed by atoms with Gasteiger partial charge in [-0.15, -0.1) is 0 Å². The van der Waals surface area contributed by atoms with Gasteiger partial charge in [0.15, 0.2) is 0 Å². The van der Waals surface area contributed by atoms with Crippen molar-refractivity contribution in [2.75, 3.05) is 6.61 Å². The molecule has 414 valence electrons. The summed E-state index contributed by atoms with van der Waals surface area (Å²) in [5, 5.41) is 23.2. The van der Waals surface area contributed by atoms with E-state index in [0.29, 0.717) is 6.42 Å². The summed E-state index contributed by atoms with van der Waals surface area (Å²) in [4.78, 5) is 12.5. The Morgan fingerprint density at radius 3 is 0.829 bits per heavy atom. The van der Waals surface area contributed by atoms with Gasteiger partial charge in [-0.25, -0.2) is 0 Å². The summed E-state index contributed by atoms with van der Waals surface area (Å²) in [6, 6.07) is -0.639. The maximum Gasteiger partial charge on any atom is 0.220 e. The van der Waals surface area contributed by atoms with Crippen LogP contribution in [0, 0.1) is 0 Å². The molecular formula is C66H127NO3. The third-order valence-corrected chi connectivity index (χ3v) is 15.1. The fraction of sp³-hybridized carbons (Fsp3) is 0.894. The van der Waals surface area contributed by atoms with Crippen molar-refractivity contribution in [3.05, 3.63) is 36.5 Å². The van der Waals surface area contributed by atoms with Gasteiger partial charge in [0.2, 0.25) is 5.91 Å². The number of carbonyl (C=O) groups excluding carboxylic acids is 1. The molecule has 0 aromatic carbocycles. The van der Waals surface area contributed by atoms with Crippen LogP contribution >= 0.6 is 0 Å². The molecule has 0 aliphatic rings. The van der Waals surface area contributed by atoms with Crippen LogP contribution in [0.5, 0.6) is 0 Å². The van der Waals surface area contributed by atoms with E-state index < -0.39 is 12.1 Å². The number of rotatable bonds is 60. The number of nitrogens with one attached hydrogen (secondary N) is 1. The summed E-state index contributed by atoms with van der Waals surface area (Å²) in [6.07, 6.45) is 85.0. The van der Waals surface area contributed by atoms with Crippen LogP contribution in [-0.4, -0.2) is 34.9 Å². The maximum atomic E-state index is 12.5. The molecular weight excluding hydrogens is 855 g/mol. The van der Waals surface area contributed by atoms with E-state index in [1.807, 2.05) is 6.08 Å². The molecule has 70 heavy (non-hydrogen) atoms. The quantitative estimate of drug-likeness (QED) is 0.0420. The van der Waals surface area contributed by atoms with E-state index >= 15 is 0 Å². The second-order valence-corrected chi connectivity index (χ2v) is 22.2. The average Bonchev–Trinajstić information content (AvgIpc) is 3.36. The van der Waals surface area contributed by atoms with Gasteiger partial charge in [0.1, 0.15) is 0 Å². The first-order valence-electron chi connectivity index (χ1n) is 32.2. The van der Waals surface area contributed by atoms with E-state index in [-0.39, 0.29) is 12.5 Å². The molecule has 0 aliphatic heterocycles. The van der Waals surface area contributed by atoms with Crippen molar-refractivity contribution in [1.29, 1.82) is 0 Å². The van der Waals surface area contributed by atoms with Crippen LogP contribution in [0.25, 0.3) is 0 Å². The minimum absolute atomic E-state index is 0.0672. The van der Waals surface area contributed by atoms with Crippen molar-refractivity contribution in [2.24, 2.45) is 0 Å². The molecule has 2 unspecified atom stereocenters. The molecule has 0 saturated heterocycles. The lowest BCUT2D eigenvalue weighted by molar-refractivity contribution is -0.123. The number of hydrogen-bond acceptors (Lipinski definition) is 3. The van der Waals surface area contributed by atoms with E-state index in [1.165, 1.54) is 308 Å². The lowest BCUT2D eigenvalue weighted by atomic mass is 10.0. The van der Waals surface area contributed by atoms with E-state index in [0.717, 1.165) is 32.1 Å². The van der Waals surface area contributed by atoms with E-state index in [2.05, 4.69) is 43.5 Å². The molecule has 0 rings (SSSR count). The molecule has 4 heteroatoms. The lowest BCUT2D eigenvalue weighted by Gasteiger charge is -2.19. The number of allylic oxidation sites excluding steroid dienone is 5. The molecule has 0 bridgehead atoms. The highest BCUT2D eigenvalue weighted by Crippen LogP contribution is 2.18. The molecule has 2 atom stereocenters. The Labute approximate surface area is 440 Å². The Kier molecular flexibility index (Phi) is 60.7.